The molecule has 1 aromatic carbocycles. The summed E-state index contributed by atoms with van der Waals surface area (Å²) in [5.41, 5.74) is 1.15. The number of carbonyl (C=O) groups is 1. The molecule has 0 radical (unpaired) electrons. The van der Waals surface area contributed by atoms with Crippen LogP contribution in [0.25, 0.3) is 0 Å². The van der Waals surface area contributed by atoms with Crippen molar-refractivity contribution in [1.29, 1.82) is 0 Å². The first-order valence-electron chi connectivity index (χ1n) is 6.88. The van der Waals surface area contributed by atoms with Crippen LogP contribution < -0.4 is 0 Å². The highest BCUT2D eigenvalue weighted by Crippen LogP contribution is 2.49. The SMILES string of the molecule is CCCCCCC(=O)C1(c2ccccc2)CC1. The molecule has 0 aliphatic heterocycles. The molecule has 0 heterocycles. The standard InChI is InChI=1S/C16H22O/c1-2-3-4-8-11-15(17)16(12-13-16)14-9-6-5-7-10-14/h5-7,9-10H,2-4,8,11-13H2,1H3. The third-order valence-corrected chi connectivity index (χ3v) is 3.87. The van der Waals surface area contributed by atoms with Crippen molar-refractivity contribution in [3.63, 3.8) is 0 Å². The van der Waals surface area contributed by atoms with Crippen LogP contribution in [-0.4, -0.2) is 5.78 Å². The molecule has 1 aliphatic carbocycles. The summed E-state index contributed by atoms with van der Waals surface area (Å²) in [6.07, 6.45) is 7.65. The molecule has 1 saturated carbocycles. The van der Waals surface area contributed by atoms with Gasteiger partial charge in [0.1, 0.15) is 5.78 Å². The minimum atomic E-state index is -0.0898. The lowest BCUT2D eigenvalue weighted by Gasteiger charge is -2.14. The minimum Gasteiger partial charge on any atom is -0.299 e. The minimum absolute atomic E-state index is 0.0898. The second-order valence-corrected chi connectivity index (χ2v) is 5.18. The van der Waals surface area contributed by atoms with E-state index in [9.17, 15) is 4.79 Å². The fraction of sp³-hybridized carbons (Fsp3) is 0.562. The van der Waals surface area contributed by atoms with E-state index in [-0.39, 0.29) is 5.41 Å². The van der Waals surface area contributed by atoms with Crippen molar-refractivity contribution in [2.75, 3.05) is 0 Å². The highest BCUT2D eigenvalue weighted by atomic mass is 16.1. The molecule has 92 valence electrons. The third-order valence-electron chi connectivity index (χ3n) is 3.87. The second-order valence-electron chi connectivity index (χ2n) is 5.18. The van der Waals surface area contributed by atoms with Crippen molar-refractivity contribution >= 4 is 5.78 Å². The van der Waals surface area contributed by atoms with Crippen molar-refractivity contribution < 1.29 is 4.79 Å². The second kappa shape index (κ2) is 5.48. The summed E-state index contributed by atoms with van der Waals surface area (Å²) in [6, 6.07) is 10.3. The number of unbranched alkanes of at least 4 members (excludes halogenated alkanes) is 3. The predicted molar refractivity (Wildman–Crippen MR) is 71.1 cm³/mol. The van der Waals surface area contributed by atoms with Crippen molar-refractivity contribution in [3.8, 4) is 0 Å². The maximum absolute atomic E-state index is 12.3. The molecule has 1 aliphatic rings. The zero-order valence-electron chi connectivity index (χ0n) is 10.7. The van der Waals surface area contributed by atoms with Gasteiger partial charge in [0.25, 0.3) is 0 Å². The van der Waals surface area contributed by atoms with Gasteiger partial charge >= 0.3 is 0 Å². The van der Waals surface area contributed by atoms with Gasteiger partial charge in [0.2, 0.25) is 0 Å². The lowest BCUT2D eigenvalue weighted by atomic mass is 9.88. The van der Waals surface area contributed by atoms with Gasteiger partial charge in [-0.25, -0.2) is 0 Å². The molecule has 0 amide bonds. The topological polar surface area (TPSA) is 17.1 Å². The lowest BCUT2D eigenvalue weighted by molar-refractivity contribution is -0.121. The Morgan fingerprint density at radius 1 is 1.12 bits per heavy atom. The summed E-state index contributed by atoms with van der Waals surface area (Å²) >= 11 is 0. The number of hydrogen-bond acceptors (Lipinski definition) is 1. The molecule has 17 heavy (non-hydrogen) atoms. The Balaban J connectivity index is 1.91. The highest BCUT2D eigenvalue weighted by Gasteiger charge is 2.49. The molecule has 0 saturated heterocycles. The van der Waals surface area contributed by atoms with Crippen molar-refractivity contribution in [3.05, 3.63) is 35.9 Å². The Morgan fingerprint density at radius 2 is 1.82 bits per heavy atom. The van der Waals surface area contributed by atoms with Crippen molar-refractivity contribution in [2.24, 2.45) is 0 Å². The van der Waals surface area contributed by atoms with E-state index in [1.807, 2.05) is 18.2 Å². The predicted octanol–water partition coefficient (Wildman–Crippen LogP) is 4.26. The van der Waals surface area contributed by atoms with E-state index in [4.69, 9.17) is 0 Å². The summed E-state index contributed by atoms with van der Waals surface area (Å²) in [5, 5.41) is 0. The molecule has 1 nitrogen and oxygen atoms in total. The molecule has 0 bridgehead atoms. The molecule has 1 aromatic rings. The maximum Gasteiger partial charge on any atom is 0.143 e. The lowest BCUT2D eigenvalue weighted by Crippen LogP contribution is -2.20. The molecule has 2 rings (SSSR count). The van der Waals surface area contributed by atoms with Crippen LogP contribution in [0.1, 0.15) is 57.4 Å². The highest BCUT2D eigenvalue weighted by molar-refractivity contribution is 5.93. The van der Waals surface area contributed by atoms with Gasteiger partial charge in [-0.15, -0.1) is 0 Å². The fourth-order valence-corrected chi connectivity index (χ4v) is 2.56. The van der Waals surface area contributed by atoms with E-state index >= 15 is 0 Å². The van der Waals surface area contributed by atoms with Crippen LogP contribution in [0.2, 0.25) is 0 Å². The third kappa shape index (κ3) is 2.77. The van der Waals surface area contributed by atoms with E-state index in [1.54, 1.807) is 0 Å². The average Bonchev–Trinajstić information content (AvgIpc) is 3.17. The Kier molecular flexibility index (Phi) is 3.98. The first-order valence-corrected chi connectivity index (χ1v) is 6.88. The summed E-state index contributed by atoms with van der Waals surface area (Å²) < 4.78 is 0. The zero-order chi connectivity index (χ0) is 12.1. The Hall–Kier alpha value is -1.11. The first kappa shape index (κ1) is 12.3. The summed E-state index contributed by atoms with van der Waals surface area (Å²) in [4.78, 5) is 12.3. The monoisotopic (exact) mass is 230 g/mol. The number of benzene rings is 1. The van der Waals surface area contributed by atoms with Gasteiger partial charge < -0.3 is 0 Å². The zero-order valence-corrected chi connectivity index (χ0v) is 10.7. The number of carbonyl (C=O) groups excluding carboxylic acids is 1. The molecule has 1 fully saturated rings. The molecular formula is C16H22O. The van der Waals surface area contributed by atoms with Crippen LogP contribution in [0.4, 0.5) is 0 Å². The van der Waals surface area contributed by atoms with Crippen LogP contribution in [0, 0.1) is 0 Å². The van der Waals surface area contributed by atoms with Crippen LogP contribution in [0.5, 0.6) is 0 Å². The molecule has 0 atom stereocenters. The van der Waals surface area contributed by atoms with E-state index in [0.29, 0.717) is 5.78 Å². The summed E-state index contributed by atoms with van der Waals surface area (Å²) in [6.45, 7) is 2.20. The number of Topliss-reactive ketones (excluding diaryl/α,β-unsaturated/α-hetero) is 1. The molecular weight excluding hydrogens is 208 g/mol. The van der Waals surface area contributed by atoms with Crippen LogP contribution in [0.3, 0.4) is 0 Å². The summed E-state index contributed by atoms with van der Waals surface area (Å²) in [7, 11) is 0. The van der Waals surface area contributed by atoms with Crippen LogP contribution >= 0.6 is 0 Å². The van der Waals surface area contributed by atoms with E-state index in [2.05, 4.69) is 19.1 Å². The van der Waals surface area contributed by atoms with E-state index in [0.717, 1.165) is 25.7 Å². The Morgan fingerprint density at radius 3 is 2.41 bits per heavy atom. The Labute approximate surface area is 104 Å². The fourth-order valence-electron chi connectivity index (χ4n) is 2.56. The van der Waals surface area contributed by atoms with Crippen molar-refractivity contribution in [1.82, 2.24) is 0 Å². The van der Waals surface area contributed by atoms with Crippen molar-refractivity contribution in [2.45, 2.75) is 57.3 Å². The molecule has 0 N–H and O–H groups in total. The van der Waals surface area contributed by atoms with Gasteiger partial charge in [-0.3, -0.25) is 4.79 Å². The average molecular weight is 230 g/mol. The number of rotatable bonds is 7. The molecule has 0 spiro atoms. The Bertz CT molecular complexity index is 362. The smallest absolute Gasteiger partial charge is 0.143 e. The van der Waals surface area contributed by atoms with Gasteiger partial charge in [0.15, 0.2) is 0 Å². The molecule has 0 unspecified atom stereocenters. The van der Waals surface area contributed by atoms with Crippen LogP contribution in [-0.2, 0) is 10.2 Å². The normalized spacial score (nSPS) is 16.8. The first-order chi connectivity index (χ1) is 8.29. The molecule has 1 heteroatoms. The number of hydrogen-bond donors (Lipinski definition) is 0. The van der Waals surface area contributed by atoms with Gasteiger partial charge in [-0.2, -0.15) is 0 Å². The summed E-state index contributed by atoms with van der Waals surface area (Å²) in [5.74, 6) is 0.472. The number of ketones is 1. The van der Waals surface area contributed by atoms with Gasteiger partial charge in [-0.1, -0.05) is 56.5 Å². The maximum atomic E-state index is 12.3. The van der Waals surface area contributed by atoms with Crippen LogP contribution in [0.15, 0.2) is 30.3 Å². The largest absolute Gasteiger partial charge is 0.299 e. The molecule has 0 aromatic heterocycles. The van der Waals surface area contributed by atoms with Gasteiger partial charge in [0, 0.05) is 6.42 Å². The van der Waals surface area contributed by atoms with Gasteiger partial charge in [0.05, 0.1) is 5.41 Å². The van der Waals surface area contributed by atoms with Gasteiger partial charge in [-0.05, 0) is 24.8 Å². The quantitative estimate of drug-likeness (QED) is 0.640. The van der Waals surface area contributed by atoms with E-state index < -0.39 is 0 Å². The van der Waals surface area contributed by atoms with E-state index in [1.165, 1.54) is 24.8 Å².